The molecule has 0 aliphatic carbocycles. The Morgan fingerprint density at radius 3 is 1.41 bits per heavy atom. The molecule has 17 heavy (non-hydrogen) atoms. The maximum atomic E-state index is 4.20. The molecule has 0 unspecified atom stereocenters. The first-order valence-electron chi connectivity index (χ1n) is 7.97. The van der Waals surface area contributed by atoms with Crippen molar-refractivity contribution in [2.45, 2.75) is 97.3 Å². The predicted molar refractivity (Wildman–Crippen MR) is 80.5 cm³/mol. The summed E-state index contributed by atoms with van der Waals surface area (Å²) in [7, 11) is 0. The smallest absolute Gasteiger partial charge is 0.0323 e. The van der Waals surface area contributed by atoms with Crippen molar-refractivity contribution < 1.29 is 0 Å². The van der Waals surface area contributed by atoms with E-state index >= 15 is 0 Å². The molecule has 0 aliphatic heterocycles. The summed E-state index contributed by atoms with van der Waals surface area (Å²) in [6.45, 7) is 8.75. The van der Waals surface area contributed by atoms with Crippen LogP contribution >= 0.6 is 0 Å². The normalized spacial score (nSPS) is 10.7. The highest BCUT2D eigenvalue weighted by Crippen LogP contribution is 2.16. The van der Waals surface area contributed by atoms with Crippen LogP contribution in [0.2, 0.25) is 0 Å². The van der Waals surface area contributed by atoms with Gasteiger partial charge in [0, 0.05) is 0 Å². The molecule has 0 saturated carbocycles. The Kier molecular flexibility index (Phi) is 13.6. The zero-order chi connectivity index (χ0) is 12.8. The average molecular weight is 238 g/mol. The van der Waals surface area contributed by atoms with Crippen LogP contribution in [0.3, 0.4) is 0 Å². The molecule has 0 nitrogen and oxygen atoms in total. The minimum Gasteiger partial charge on any atom is -0.0999 e. The number of unbranched alkanes of at least 4 members (excludes halogenated alkanes) is 9. The number of rotatable bonds is 13. The molecule has 0 N–H and O–H groups in total. The van der Waals surface area contributed by atoms with Crippen molar-refractivity contribution in [2.24, 2.45) is 0 Å². The molecule has 0 aromatic carbocycles. The van der Waals surface area contributed by atoms with Gasteiger partial charge in [0.2, 0.25) is 0 Å². The topological polar surface area (TPSA) is 0 Å². The summed E-state index contributed by atoms with van der Waals surface area (Å²) in [6, 6.07) is 0. The highest BCUT2D eigenvalue weighted by atomic mass is 14.0. The Labute approximate surface area is 110 Å². The monoisotopic (exact) mass is 238 g/mol. The Bertz CT molecular complexity index is 157. The summed E-state index contributed by atoms with van der Waals surface area (Å²) in [6.07, 6.45) is 17.9. The van der Waals surface area contributed by atoms with Gasteiger partial charge in [-0.1, -0.05) is 83.8 Å². The van der Waals surface area contributed by atoms with E-state index in [0.29, 0.717) is 0 Å². The molecule has 0 amide bonds. The third-order valence-corrected chi connectivity index (χ3v) is 3.52. The third-order valence-electron chi connectivity index (χ3n) is 3.52. The minimum atomic E-state index is 1.27. The maximum absolute atomic E-state index is 4.20. The van der Waals surface area contributed by atoms with Crippen molar-refractivity contribution in [1.82, 2.24) is 0 Å². The highest BCUT2D eigenvalue weighted by Gasteiger charge is 1.96. The van der Waals surface area contributed by atoms with Gasteiger partial charge in [0.05, 0.1) is 0 Å². The summed E-state index contributed by atoms with van der Waals surface area (Å²) < 4.78 is 0. The van der Waals surface area contributed by atoms with E-state index in [9.17, 15) is 0 Å². The zero-order valence-electron chi connectivity index (χ0n) is 12.4. The molecule has 0 rings (SSSR count). The number of allylic oxidation sites excluding steroid dienone is 1. The van der Waals surface area contributed by atoms with Crippen LogP contribution in [-0.4, -0.2) is 0 Å². The van der Waals surface area contributed by atoms with E-state index in [-0.39, 0.29) is 0 Å². The molecule has 0 bridgehead atoms. The fourth-order valence-electron chi connectivity index (χ4n) is 2.26. The van der Waals surface area contributed by atoms with Crippen LogP contribution < -0.4 is 0 Å². The van der Waals surface area contributed by atoms with Gasteiger partial charge in [-0.25, -0.2) is 0 Å². The first-order chi connectivity index (χ1) is 8.31. The second-order valence-electron chi connectivity index (χ2n) is 5.43. The molecule has 0 aliphatic rings. The van der Waals surface area contributed by atoms with Crippen LogP contribution in [0.25, 0.3) is 0 Å². The van der Waals surface area contributed by atoms with Crippen molar-refractivity contribution in [3.8, 4) is 0 Å². The van der Waals surface area contributed by atoms with Gasteiger partial charge in [-0.3, -0.25) is 0 Å². The highest BCUT2D eigenvalue weighted by molar-refractivity contribution is 4.93. The molecule has 0 fully saturated rings. The van der Waals surface area contributed by atoms with Crippen LogP contribution in [0.1, 0.15) is 97.3 Å². The summed E-state index contributed by atoms with van der Waals surface area (Å²) in [5.74, 6) is 0. The molecule has 0 aromatic rings. The quantitative estimate of drug-likeness (QED) is 0.249. The average Bonchev–Trinajstić information content (AvgIpc) is 2.33. The van der Waals surface area contributed by atoms with Gasteiger partial charge in [0.15, 0.2) is 0 Å². The number of hydrogen-bond donors (Lipinski definition) is 0. The lowest BCUT2D eigenvalue weighted by Gasteiger charge is -2.05. The van der Waals surface area contributed by atoms with E-state index in [0.717, 1.165) is 0 Å². The SMILES string of the molecule is C=C(CCCCCC)CCCCCCCCC. The van der Waals surface area contributed by atoms with E-state index in [1.165, 1.54) is 89.0 Å². The largest absolute Gasteiger partial charge is 0.0999 e. The first kappa shape index (κ1) is 16.7. The molecule has 0 aromatic heterocycles. The summed E-state index contributed by atoms with van der Waals surface area (Å²) >= 11 is 0. The maximum Gasteiger partial charge on any atom is -0.0323 e. The first-order valence-corrected chi connectivity index (χ1v) is 7.97. The summed E-state index contributed by atoms with van der Waals surface area (Å²) in [5.41, 5.74) is 1.50. The van der Waals surface area contributed by atoms with Crippen molar-refractivity contribution >= 4 is 0 Å². The van der Waals surface area contributed by atoms with Crippen LogP contribution in [0, 0.1) is 0 Å². The van der Waals surface area contributed by atoms with Gasteiger partial charge in [-0.05, 0) is 25.7 Å². The standard InChI is InChI=1S/C17H34/c1-4-6-8-10-11-12-14-16-17(3)15-13-9-7-5-2/h3-16H2,1-2H3. The van der Waals surface area contributed by atoms with E-state index < -0.39 is 0 Å². The van der Waals surface area contributed by atoms with Gasteiger partial charge in [-0.15, -0.1) is 0 Å². The van der Waals surface area contributed by atoms with E-state index in [2.05, 4.69) is 20.4 Å². The van der Waals surface area contributed by atoms with Crippen LogP contribution in [0.5, 0.6) is 0 Å². The second kappa shape index (κ2) is 13.8. The lowest BCUT2D eigenvalue weighted by molar-refractivity contribution is 0.581. The predicted octanol–water partition coefficient (Wildman–Crippen LogP) is 6.65. The number of hydrogen-bond acceptors (Lipinski definition) is 0. The fraction of sp³-hybridized carbons (Fsp3) is 0.882. The molecule has 0 saturated heterocycles. The molecule has 0 heteroatoms. The fourth-order valence-corrected chi connectivity index (χ4v) is 2.26. The van der Waals surface area contributed by atoms with Crippen LogP contribution in [0.4, 0.5) is 0 Å². The van der Waals surface area contributed by atoms with Gasteiger partial charge >= 0.3 is 0 Å². The molecular formula is C17H34. The van der Waals surface area contributed by atoms with Crippen LogP contribution in [0.15, 0.2) is 12.2 Å². The molecule has 0 radical (unpaired) electrons. The van der Waals surface area contributed by atoms with E-state index in [4.69, 9.17) is 0 Å². The molecule has 102 valence electrons. The minimum absolute atomic E-state index is 1.27. The van der Waals surface area contributed by atoms with Gasteiger partial charge < -0.3 is 0 Å². The van der Waals surface area contributed by atoms with Crippen molar-refractivity contribution in [2.75, 3.05) is 0 Å². The Hall–Kier alpha value is -0.260. The van der Waals surface area contributed by atoms with Crippen molar-refractivity contribution in [3.63, 3.8) is 0 Å². The Morgan fingerprint density at radius 2 is 0.941 bits per heavy atom. The van der Waals surface area contributed by atoms with Crippen LogP contribution in [-0.2, 0) is 0 Å². The van der Waals surface area contributed by atoms with Crippen molar-refractivity contribution in [1.29, 1.82) is 0 Å². The van der Waals surface area contributed by atoms with E-state index in [1.807, 2.05) is 0 Å². The lowest BCUT2D eigenvalue weighted by atomic mass is 10.0. The molecular weight excluding hydrogens is 204 g/mol. The van der Waals surface area contributed by atoms with E-state index in [1.54, 1.807) is 0 Å². The summed E-state index contributed by atoms with van der Waals surface area (Å²) in [5, 5.41) is 0. The van der Waals surface area contributed by atoms with Gasteiger partial charge in [-0.2, -0.15) is 0 Å². The zero-order valence-corrected chi connectivity index (χ0v) is 12.4. The molecule has 0 atom stereocenters. The Balaban J connectivity index is 3.11. The van der Waals surface area contributed by atoms with Gasteiger partial charge in [0.1, 0.15) is 0 Å². The second-order valence-corrected chi connectivity index (χ2v) is 5.43. The molecule has 0 heterocycles. The third kappa shape index (κ3) is 13.7. The lowest BCUT2D eigenvalue weighted by Crippen LogP contribution is -1.85. The molecule has 0 spiro atoms. The Morgan fingerprint density at radius 1 is 0.588 bits per heavy atom. The van der Waals surface area contributed by atoms with Gasteiger partial charge in [0.25, 0.3) is 0 Å². The van der Waals surface area contributed by atoms with Crippen molar-refractivity contribution in [3.05, 3.63) is 12.2 Å². The summed E-state index contributed by atoms with van der Waals surface area (Å²) in [4.78, 5) is 0.